The van der Waals surface area contributed by atoms with Gasteiger partial charge in [0.25, 0.3) is 5.91 Å². The van der Waals surface area contributed by atoms with Crippen molar-refractivity contribution in [2.24, 2.45) is 0 Å². The zero-order valence-electron chi connectivity index (χ0n) is 16.1. The Morgan fingerprint density at radius 2 is 1.86 bits per heavy atom. The van der Waals surface area contributed by atoms with Crippen molar-refractivity contribution in [2.75, 3.05) is 20.7 Å². The van der Waals surface area contributed by atoms with Gasteiger partial charge in [-0.1, -0.05) is 30.3 Å². The molecule has 1 amide bonds. The molecule has 0 bridgehead atoms. The fourth-order valence-corrected chi connectivity index (χ4v) is 3.45. The van der Waals surface area contributed by atoms with E-state index in [0.29, 0.717) is 16.9 Å². The molecular weight excluding hydrogens is 389 g/mol. The number of carbonyl (C=O) groups is 2. The van der Waals surface area contributed by atoms with E-state index in [-0.39, 0.29) is 24.1 Å². The fraction of sp³-hybridized carbons (Fsp3) is 0.130. The minimum atomic E-state index is -0.273. The summed E-state index contributed by atoms with van der Waals surface area (Å²) in [6.07, 6.45) is 3.18. The molecule has 29 heavy (non-hydrogen) atoms. The standard InChI is InChI=1S/C23H20FNO3S/c1-25(2)23(27)15-28-17-7-5-6-16(14-17)21(26)12-10-18-11-13-22(29-18)19-8-3-4-9-20(19)24/h3-14H,15H2,1-2H3. The van der Waals surface area contributed by atoms with Crippen LogP contribution in [0.15, 0.2) is 66.7 Å². The summed E-state index contributed by atoms with van der Waals surface area (Å²) in [5.74, 6) is -0.164. The van der Waals surface area contributed by atoms with Crippen molar-refractivity contribution in [3.8, 4) is 16.2 Å². The SMILES string of the molecule is CN(C)C(=O)COc1cccc(C(=O)C=Cc2ccc(-c3ccccc3F)s2)c1. The first kappa shape index (κ1) is 20.5. The van der Waals surface area contributed by atoms with Crippen molar-refractivity contribution in [1.29, 1.82) is 0 Å². The molecule has 1 aromatic heterocycles. The minimum Gasteiger partial charge on any atom is -0.484 e. The number of ketones is 1. The van der Waals surface area contributed by atoms with Crippen molar-refractivity contribution >= 4 is 29.1 Å². The second-order valence-corrected chi connectivity index (χ2v) is 7.60. The Labute approximate surface area is 172 Å². The van der Waals surface area contributed by atoms with Crippen molar-refractivity contribution in [2.45, 2.75) is 0 Å². The highest BCUT2D eigenvalue weighted by molar-refractivity contribution is 7.16. The molecule has 2 aromatic carbocycles. The molecule has 0 aliphatic heterocycles. The number of nitrogens with zero attached hydrogens (tertiary/aromatic N) is 1. The molecule has 0 radical (unpaired) electrons. The topological polar surface area (TPSA) is 46.6 Å². The van der Waals surface area contributed by atoms with Crippen LogP contribution in [0.1, 0.15) is 15.2 Å². The van der Waals surface area contributed by atoms with Gasteiger partial charge in [0.2, 0.25) is 0 Å². The Morgan fingerprint density at radius 1 is 1.07 bits per heavy atom. The van der Waals surface area contributed by atoms with Crippen LogP contribution in [0.25, 0.3) is 16.5 Å². The van der Waals surface area contributed by atoms with Crippen molar-refractivity contribution in [3.63, 3.8) is 0 Å². The lowest BCUT2D eigenvalue weighted by molar-refractivity contribution is -0.130. The largest absolute Gasteiger partial charge is 0.484 e. The lowest BCUT2D eigenvalue weighted by atomic mass is 10.1. The van der Waals surface area contributed by atoms with E-state index in [1.165, 1.54) is 28.4 Å². The molecule has 0 fully saturated rings. The average molecular weight is 409 g/mol. The summed E-state index contributed by atoms with van der Waals surface area (Å²) in [4.78, 5) is 27.2. The number of hydrogen-bond donors (Lipinski definition) is 0. The lowest BCUT2D eigenvalue weighted by Crippen LogP contribution is -2.27. The lowest BCUT2D eigenvalue weighted by Gasteiger charge is -2.11. The summed E-state index contributed by atoms with van der Waals surface area (Å²) >= 11 is 1.41. The average Bonchev–Trinajstić information content (AvgIpc) is 3.19. The third-order valence-corrected chi connectivity index (χ3v) is 5.23. The maximum atomic E-state index is 13.9. The molecule has 0 spiro atoms. The van der Waals surface area contributed by atoms with Gasteiger partial charge in [-0.25, -0.2) is 4.39 Å². The van der Waals surface area contributed by atoms with E-state index in [2.05, 4.69) is 0 Å². The molecule has 3 aromatic rings. The third kappa shape index (κ3) is 5.39. The second kappa shape index (κ2) is 9.30. The number of amides is 1. The third-order valence-electron chi connectivity index (χ3n) is 4.14. The van der Waals surface area contributed by atoms with Crippen LogP contribution in [0, 0.1) is 5.82 Å². The number of benzene rings is 2. The Balaban J connectivity index is 1.68. The van der Waals surface area contributed by atoms with Crippen LogP contribution >= 0.6 is 11.3 Å². The van der Waals surface area contributed by atoms with E-state index in [1.54, 1.807) is 62.6 Å². The van der Waals surface area contributed by atoms with Crippen LogP contribution in [-0.2, 0) is 4.79 Å². The van der Waals surface area contributed by atoms with E-state index in [0.717, 1.165) is 9.75 Å². The van der Waals surface area contributed by atoms with Crippen LogP contribution in [0.3, 0.4) is 0 Å². The molecule has 148 valence electrons. The number of rotatable bonds is 7. The summed E-state index contributed by atoms with van der Waals surface area (Å²) in [7, 11) is 3.30. The van der Waals surface area contributed by atoms with Gasteiger partial charge >= 0.3 is 0 Å². The number of allylic oxidation sites excluding steroid dienone is 1. The number of thiophene rings is 1. The van der Waals surface area contributed by atoms with Gasteiger partial charge in [-0.2, -0.15) is 0 Å². The molecule has 0 aliphatic carbocycles. The molecule has 0 atom stereocenters. The Morgan fingerprint density at radius 3 is 2.62 bits per heavy atom. The smallest absolute Gasteiger partial charge is 0.259 e. The molecule has 0 saturated heterocycles. The predicted octanol–water partition coefficient (Wildman–Crippen LogP) is 4.92. The van der Waals surface area contributed by atoms with Gasteiger partial charge in [0.1, 0.15) is 11.6 Å². The van der Waals surface area contributed by atoms with Crippen molar-refractivity contribution in [1.82, 2.24) is 4.90 Å². The Bertz CT molecular complexity index is 1060. The number of halogens is 1. The predicted molar refractivity (Wildman–Crippen MR) is 114 cm³/mol. The van der Waals surface area contributed by atoms with E-state index in [4.69, 9.17) is 4.74 Å². The van der Waals surface area contributed by atoms with Gasteiger partial charge in [0, 0.05) is 35.0 Å². The summed E-state index contributed by atoms with van der Waals surface area (Å²) in [6.45, 7) is -0.0888. The normalized spacial score (nSPS) is 10.9. The highest BCUT2D eigenvalue weighted by Gasteiger charge is 2.09. The maximum absolute atomic E-state index is 13.9. The number of ether oxygens (including phenoxy) is 1. The number of hydrogen-bond acceptors (Lipinski definition) is 4. The van der Waals surface area contributed by atoms with Crippen molar-refractivity contribution in [3.05, 3.63) is 83.0 Å². The van der Waals surface area contributed by atoms with E-state index >= 15 is 0 Å². The first-order chi connectivity index (χ1) is 13.9. The van der Waals surface area contributed by atoms with E-state index in [1.807, 2.05) is 12.1 Å². The van der Waals surface area contributed by atoms with Crippen LogP contribution < -0.4 is 4.74 Å². The monoisotopic (exact) mass is 409 g/mol. The van der Waals surface area contributed by atoms with Crippen LogP contribution in [0.2, 0.25) is 0 Å². The summed E-state index contributed by atoms with van der Waals surface area (Å²) in [5, 5.41) is 0. The molecule has 4 nitrogen and oxygen atoms in total. The first-order valence-electron chi connectivity index (χ1n) is 8.94. The van der Waals surface area contributed by atoms with Gasteiger partial charge in [0.05, 0.1) is 0 Å². The van der Waals surface area contributed by atoms with E-state index in [9.17, 15) is 14.0 Å². The highest BCUT2D eigenvalue weighted by atomic mass is 32.1. The summed E-state index contributed by atoms with van der Waals surface area (Å²) < 4.78 is 19.4. The van der Waals surface area contributed by atoms with Gasteiger partial charge in [-0.15, -0.1) is 11.3 Å². The molecule has 0 N–H and O–H groups in total. The van der Waals surface area contributed by atoms with Crippen molar-refractivity contribution < 1.29 is 18.7 Å². The van der Waals surface area contributed by atoms with Crippen LogP contribution in [-0.4, -0.2) is 37.3 Å². The van der Waals surface area contributed by atoms with E-state index < -0.39 is 0 Å². The molecule has 6 heteroatoms. The molecule has 1 heterocycles. The highest BCUT2D eigenvalue weighted by Crippen LogP contribution is 2.30. The van der Waals surface area contributed by atoms with Gasteiger partial charge in [0.15, 0.2) is 12.4 Å². The van der Waals surface area contributed by atoms with Crippen LogP contribution in [0.5, 0.6) is 5.75 Å². The number of likely N-dealkylation sites (N-methyl/N-ethyl adjacent to an activating group) is 1. The maximum Gasteiger partial charge on any atom is 0.259 e. The number of carbonyl (C=O) groups excluding carboxylic acids is 2. The quantitative estimate of drug-likeness (QED) is 0.411. The van der Waals surface area contributed by atoms with Crippen LogP contribution in [0.4, 0.5) is 4.39 Å². The Hall–Kier alpha value is -3.25. The van der Waals surface area contributed by atoms with Gasteiger partial charge in [-0.05, 0) is 42.5 Å². The first-order valence-corrected chi connectivity index (χ1v) is 9.76. The molecule has 0 aliphatic rings. The second-order valence-electron chi connectivity index (χ2n) is 6.48. The molecular formula is C23H20FNO3S. The fourth-order valence-electron chi connectivity index (χ4n) is 2.52. The van der Waals surface area contributed by atoms with Gasteiger partial charge in [-0.3, -0.25) is 9.59 Å². The zero-order chi connectivity index (χ0) is 20.8. The molecule has 0 saturated carbocycles. The molecule has 3 rings (SSSR count). The summed E-state index contributed by atoms with van der Waals surface area (Å²) in [6, 6.07) is 17.0. The zero-order valence-corrected chi connectivity index (χ0v) is 16.9. The Kier molecular flexibility index (Phi) is 6.57. The minimum absolute atomic E-state index is 0.0888. The summed E-state index contributed by atoms with van der Waals surface area (Å²) in [5.41, 5.74) is 1.00. The molecule has 0 unspecified atom stereocenters. The van der Waals surface area contributed by atoms with Gasteiger partial charge < -0.3 is 9.64 Å².